The predicted molar refractivity (Wildman–Crippen MR) is 363 cm³/mol. The number of carbonyl (C=O) groups excluding carboxylic acids is 4. The molecule has 19 heteroatoms. The van der Waals surface area contributed by atoms with Gasteiger partial charge in [-0.3, -0.25) is 37.3 Å². The molecule has 17 nitrogen and oxygen atoms in total. The SMILES string of the molecule is CCCCCCCCCC(=O)OC[C@H](COP(=O)(O)OC[C@H](O)COP(=O)(O)OC[C@@H](COC(=O)CCCCCCCCCCCCCCCCC(C)C)OC(=O)CCCCCCCCCCCCCCCCCCC(C)C)OC(=O)CCCCCCCCC. The Morgan fingerprint density at radius 3 is 0.756 bits per heavy atom. The van der Waals surface area contributed by atoms with Crippen LogP contribution in [0.3, 0.4) is 0 Å². The largest absolute Gasteiger partial charge is 0.472 e. The van der Waals surface area contributed by atoms with Gasteiger partial charge in [0.25, 0.3) is 0 Å². The highest BCUT2D eigenvalue weighted by Gasteiger charge is 2.30. The van der Waals surface area contributed by atoms with Crippen LogP contribution in [0, 0.1) is 11.8 Å². The summed E-state index contributed by atoms with van der Waals surface area (Å²) < 4.78 is 68.1. The van der Waals surface area contributed by atoms with Crippen LogP contribution < -0.4 is 0 Å². The molecule has 0 spiro atoms. The monoisotopic (exact) mass is 1320 g/mol. The Hall–Kier alpha value is -1.94. The summed E-state index contributed by atoms with van der Waals surface area (Å²) in [5.41, 5.74) is 0. The third kappa shape index (κ3) is 64.8. The van der Waals surface area contributed by atoms with Crippen LogP contribution in [0.5, 0.6) is 0 Å². The van der Waals surface area contributed by atoms with Crippen LogP contribution in [0.2, 0.25) is 0 Å². The second kappa shape index (κ2) is 63.1. The van der Waals surface area contributed by atoms with Crippen LogP contribution in [-0.2, 0) is 65.4 Å². The zero-order valence-electron chi connectivity index (χ0n) is 58.4. The molecule has 0 aliphatic rings. The van der Waals surface area contributed by atoms with Gasteiger partial charge >= 0.3 is 39.5 Å². The fraction of sp³-hybridized carbons (Fsp3) is 0.944. The second-order valence-electron chi connectivity index (χ2n) is 26.6. The van der Waals surface area contributed by atoms with Gasteiger partial charge in [-0.25, -0.2) is 9.13 Å². The Kier molecular flexibility index (Phi) is 61.8. The van der Waals surface area contributed by atoms with Gasteiger partial charge in [0.05, 0.1) is 26.4 Å². The first-order valence-electron chi connectivity index (χ1n) is 37.0. The first-order chi connectivity index (χ1) is 43.4. The number of phosphoric acid groups is 2. The van der Waals surface area contributed by atoms with Crippen molar-refractivity contribution in [2.45, 2.75) is 381 Å². The topological polar surface area (TPSA) is 237 Å². The van der Waals surface area contributed by atoms with E-state index in [4.69, 9.17) is 37.0 Å². The lowest BCUT2D eigenvalue weighted by Crippen LogP contribution is -2.30. The maximum absolute atomic E-state index is 13.0. The van der Waals surface area contributed by atoms with E-state index in [1.54, 1.807) is 0 Å². The Morgan fingerprint density at radius 2 is 0.511 bits per heavy atom. The fourth-order valence-electron chi connectivity index (χ4n) is 10.8. The van der Waals surface area contributed by atoms with Crippen LogP contribution >= 0.6 is 15.6 Å². The molecule has 0 fully saturated rings. The summed E-state index contributed by atoms with van der Waals surface area (Å²) in [7, 11) is -9.89. The van der Waals surface area contributed by atoms with Crippen molar-refractivity contribution in [2.75, 3.05) is 39.6 Å². The minimum Gasteiger partial charge on any atom is -0.462 e. The first-order valence-corrected chi connectivity index (χ1v) is 40.0. The van der Waals surface area contributed by atoms with E-state index < -0.39 is 97.5 Å². The van der Waals surface area contributed by atoms with Crippen LogP contribution in [0.4, 0.5) is 0 Å². The van der Waals surface area contributed by atoms with E-state index in [2.05, 4.69) is 41.5 Å². The smallest absolute Gasteiger partial charge is 0.462 e. The van der Waals surface area contributed by atoms with Gasteiger partial charge < -0.3 is 33.8 Å². The Morgan fingerprint density at radius 1 is 0.300 bits per heavy atom. The summed E-state index contributed by atoms with van der Waals surface area (Å²) in [4.78, 5) is 72.3. The molecule has 0 heterocycles. The van der Waals surface area contributed by atoms with E-state index in [-0.39, 0.29) is 25.7 Å². The molecule has 534 valence electrons. The lowest BCUT2D eigenvalue weighted by Gasteiger charge is -2.21. The van der Waals surface area contributed by atoms with Crippen molar-refractivity contribution in [2.24, 2.45) is 11.8 Å². The van der Waals surface area contributed by atoms with Gasteiger partial charge in [-0.15, -0.1) is 0 Å². The molecule has 0 saturated carbocycles. The maximum atomic E-state index is 13.0. The minimum absolute atomic E-state index is 0.103. The molecule has 5 atom stereocenters. The average Bonchev–Trinajstić information content (AvgIpc) is 2.80. The molecule has 0 radical (unpaired) electrons. The number of phosphoric ester groups is 2. The van der Waals surface area contributed by atoms with E-state index in [0.717, 1.165) is 127 Å². The molecule has 3 N–H and O–H groups in total. The van der Waals surface area contributed by atoms with Crippen molar-refractivity contribution in [3.8, 4) is 0 Å². The predicted octanol–water partition coefficient (Wildman–Crippen LogP) is 20.4. The Bertz CT molecular complexity index is 1750. The van der Waals surface area contributed by atoms with Crippen molar-refractivity contribution in [3.63, 3.8) is 0 Å². The molecule has 0 amide bonds. The maximum Gasteiger partial charge on any atom is 0.472 e. The summed E-state index contributed by atoms with van der Waals surface area (Å²) in [5.74, 6) is -0.524. The van der Waals surface area contributed by atoms with Gasteiger partial charge in [-0.2, -0.15) is 0 Å². The average molecular weight is 1330 g/mol. The van der Waals surface area contributed by atoms with Crippen molar-refractivity contribution < 1.29 is 80.2 Å². The quantitative estimate of drug-likeness (QED) is 0.0222. The van der Waals surface area contributed by atoms with Crippen LogP contribution in [0.25, 0.3) is 0 Å². The third-order valence-electron chi connectivity index (χ3n) is 16.5. The summed E-state index contributed by atoms with van der Waals surface area (Å²) in [6.07, 6.45) is 48.9. The molecule has 0 saturated heterocycles. The number of hydrogen-bond acceptors (Lipinski definition) is 15. The van der Waals surface area contributed by atoms with Gasteiger partial charge in [0.1, 0.15) is 19.3 Å². The molecule has 2 unspecified atom stereocenters. The standard InChI is InChI=1S/C71H138O17P2/c1-7-9-11-13-33-41-47-53-68(73)81-59-66(87-70(75)55-49-43-34-14-12-10-8-2)61-85-89(77,78)83-57-65(72)58-84-90(79,80)86-62-67(60-82-69(74)54-48-42-37-31-27-23-20-19-22-26-30-36-40-46-52-64(5)6)88-71(76)56-50-44-38-32-28-24-18-16-15-17-21-25-29-35-39-45-51-63(3)4/h63-67,72H,7-62H2,1-6H3,(H,77,78)(H,79,80)/t65-,66+,67+/m0/s1. The number of unbranched alkanes of at least 4 members (excludes halogenated alkanes) is 40. The molecular weight excluding hydrogens is 1190 g/mol. The molecule has 0 aromatic heterocycles. The van der Waals surface area contributed by atoms with E-state index >= 15 is 0 Å². The fourth-order valence-corrected chi connectivity index (χ4v) is 12.3. The Balaban J connectivity index is 5.13. The van der Waals surface area contributed by atoms with E-state index in [0.29, 0.717) is 25.7 Å². The highest BCUT2D eigenvalue weighted by Crippen LogP contribution is 2.45. The van der Waals surface area contributed by atoms with Crippen molar-refractivity contribution >= 4 is 39.5 Å². The van der Waals surface area contributed by atoms with Gasteiger partial charge in [-0.05, 0) is 37.5 Å². The third-order valence-corrected chi connectivity index (χ3v) is 18.4. The van der Waals surface area contributed by atoms with Gasteiger partial charge in [-0.1, -0.05) is 311 Å². The van der Waals surface area contributed by atoms with Crippen LogP contribution in [0.1, 0.15) is 363 Å². The highest BCUT2D eigenvalue weighted by molar-refractivity contribution is 7.47. The first kappa shape index (κ1) is 88.1. The van der Waals surface area contributed by atoms with Crippen molar-refractivity contribution in [1.29, 1.82) is 0 Å². The summed E-state index contributed by atoms with van der Waals surface area (Å²) in [5, 5.41) is 10.6. The highest BCUT2D eigenvalue weighted by atomic mass is 31.2. The number of rotatable bonds is 70. The molecule has 0 aliphatic heterocycles. The molecule has 0 bridgehead atoms. The zero-order chi connectivity index (χ0) is 66.5. The van der Waals surface area contributed by atoms with Crippen molar-refractivity contribution in [1.82, 2.24) is 0 Å². The van der Waals surface area contributed by atoms with E-state index in [1.807, 2.05) is 0 Å². The lowest BCUT2D eigenvalue weighted by atomic mass is 10.0. The summed E-state index contributed by atoms with van der Waals surface area (Å²) in [6, 6.07) is 0. The summed E-state index contributed by atoms with van der Waals surface area (Å²) >= 11 is 0. The number of esters is 4. The number of ether oxygens (including phenoxy) is 4. The number of aliphatic hydroxyl groups is 1. The van der Waals surface area contributed by atoms with Crippen LogP contribution in [0.15, 0.2) is 0 Å². The number of aliphatic hydroxyl groups excluding tert-OH is 1. The number of hydrogen-bond donors (Lipinski definition) is 3. The van der Waals surface area contributed by atoms with Gasteiger partial charge in [0.15, 0.2) is 12.2 Å². The van der Waals surface area contributed by atoms with Gasteiger partial charge in [0, 0.05) is 25.7 Å². The molecule has 0 aliphatic carbocycles. The van der Waals surface area contributed by atoms with E-state index in [9.17, 15) is 43.2 Å². The van der Waals surface area contributed by atoms with Crippen molar-refractivity contribution in [3.05, 3.63) is 0 Å². The molecule has 0 rings (SSSR count). The number of carbonyl (C=O) groups is 4. The van der Waals surface area contributed by atoms with Crippen LogP contribution in [-0.4, -0.2) is 96.7 Å². The minimum atomic E-state index is -4.95. The lowest BCUT2D eigenvalue weighted by molar-refractivity contribution is -0.161. The second-order valence-corrected chi connectivity index (χ2v) is 29.5. The molecular formula is C71H138O17P2. The molecule has 90 heavy (non-hydrogen) atoms. The Labute approximate surface area is 549 Å². The normalized spacial score (nSPS) is 14.1. The summed E-state index contributed by atoms with van der Waals surface area (Å²) in [6.45, 7) is 9.52. The molecule has 0 aromatic carbocycles. The van der Waals surface area contributed by atoms with E-state index in [1.165, 1.54) is 154 Å². The zero-order valence-corrected chi connectivity index (χ0v) is 60.2. The molecule has 0 aromatic rings. The van der Waals surface area contributed by atoms with Gasteiger partial charge in [0.2, 0.25) is 0 Å².